The van der Waals surface area contributed by atoms with E-state index in [0.717, 1.165) is 0 Å². The van der Waals surface area contributed by atoms with Crippen LogP contribution in [0.4, 0.5) is 13.2 Å². The van der Waals surface area contributed by atoms with E-state index in [1.54, 1.807) is 20.0 Å². The van der Waals surface area contributed by atoms with E-state index in [4.69, 9.17) is 4.52 Å². The number of hydrogen-bond acceptors (Lipinski definition) is 7. The fourth-order valence-electron chi connectivity index (χ4n) is 3.73. The summed E-state index contributed by atoms with van der Waals surface area (Å²) in [6.45, 7) is 1.96. The number of hydrogen-bond donors (Lipinski definition) is 1. The number of alkyl halides is 3. The Morgan fingerprint density at radius 3 is 2.68 bits per heavy atom. The number of ether oxygens (including phenoxy) is 1. The summed E-state index contributed by atoms with van der Waals surface area (Å²) < 4.78 is 47.7. The summed E-state index contributed by atoms with van der Waals surface area (Å²) in [5.41, 5.74) is 1.72. The number of rotatable bonds is 7. The molecule has 10 nitrogen and oxygen atoms in total. The van der Waals surface area contributed by atoms with Gasteiger partial charge in [0, 0.05) is 20.0 Å². The van der Waals surface area contributed by atoms with E-state index in [9.17, 15) is 22.8 Å². The minimum Gasteiger partial charge on any atom is -0.406 e. The number of carbonyl (C=O) groups is 2. The molecule has 2 amide bonds. The third-order valence-corrected chi connectivity index (χ3v) is 5.25. The van der Waals surface area contributed by atoms with E-state index in [2.05, 4.69) is 25.3 Å². The first-order chi connectivity index (χ1) is 16.1. The Hall–Kier alpha value is -3.90. The summed E-state index contributed by atoms with van der Waals surface area (Å²) in [6, 6.07) is 6.47. The molecule has 1 aliphatic rings. The van der Waals surface area contributed by atoms with Crippen LogP contribution in [0.2, 0.25) is 0 Å². The van der Waals surface area contributed by atoms with Gasteiger partial charge in [-0.3, -0.25) is 14.3 Å². The van der Waals surface area contributed by atoms with Gasteiger partial charge in [-0.25, -0.2) is 0 Å². The van der Waals surface area contributed by atoms with Gasteiger partial charge in [0.25, 0.3) is 5.91 Å². The Balaban J connectivity index is 1.39. The van der Waals surface area contributed by atoms with E-state index in [-0.39, 0.29) is 48.8 Å². The van der Waals surface area contributed by atoms with Gasteiger partial charge in [-0.2, -0.15) is 10.1 Å². The average Bonchev–Trinajstić information content (AvgIpc) is 3.46. The second-order valence-electron chi connectivity index (χ2n) is 7.79. The minimum atomic E-state index is -4.77. The lowest BCUT2D eigenvalue weighted by atomic mass is 10.1. The zero-order valence-corrected chi connectivity index (χ0v) is 18.3. The Morgan fingerprint density at radius 1 is 1.29 bits per heavy atom. The maximum absolute atomic E-state index is 12.4. The predicted molar refractivity (Wildman–Crippen MR) is 109 cm³/mol. The van der Waals surface area contributed by atoms with Crippen molar-refractivity contribution in [3.63, 3.8) is 0 Å². The summed E-state index contributed by atoms with van der Waals surface area (Å²) >= 11 is 0. The molecular formula is C21H21F3N6O4. The molecule has 34 heavy (non-hydrogen) atoms. The predicted octanol–water partition coefficient (Wildman–Crippen LogP) is 2.80. The molecule has 180 valence electrons. The first kappa shape index (κ1) is 23.3. The van der Waals surface area contributed by atoms with Crippen LogP contribution in [0.25, 0.3) is 0 Å². The molecule has 3 aromatic rings. The smallest absolute Gasteiger partial charge is 0.406 e. The zero-order valence-electron chi connectivity index (χ0n) is 18.3. The van der Waals surface area contributed by atoms with Crippen LogP contribution in [0.5, 0.6) is 5.75 Å². The second kappa shape index (κ2) is 9.15. The molecule has 1 N–H and O–H groups in total. The van der Waals surface area contributed by atoms with Crippen LogP contribution in [0.1, 0.15) is 52.3 Å². The standard InChI is InChI=1S/C21H21F3N6O4/c1-12-9-16(29(2)27-12)19(32)25-10-17-26-20(34-28-17)15-7-8-18(31)30(15)11-13-3-5-14(6-4-13)33-21(22,23)24/h3-6,9,15H,7-8,10-11H2,1-2H3,(H,25,32)/t15-/m0/s1. The van der Waals surface area contributed by atoms with Crippen molar-refractivity contribution in [3.8, 4) is 5.75 Å². The summed E-state index contributed by atoms with van der Waals surface area (Å²) in [5, 5.41) is 10.7. The molecule has 0 radical (unpaired) electrons. The van der Waals surface area contributed by atoms with Crippen LogP contribution >= 0.6 is 0 Å². The fourth-order valence-corrected chi connectivity index (χ4v) is 3.73. The molecule has 4 rings (SSSR count). The topological polar surface area (TPSA) is 115 Å². The van der Waals surface area contributed by atoms with Crippen LogP contribution in [-0.2, 0) is 24.9 Å². The number of carbonyl (C=O) groups excluding carboxylic acids is 2. The van der Waals surface area contributed by atoms with Crippen molar-refractivity contribution in [2.24, 2.45) is 7.05 Å². The lowest BCUT2D eigenvalue weighted by molar-refractivity contribution is -0.274. The Bertz CT molecular complexity index is 1190. The maximum Gasteiger partial charge on any atom is 0.573 e. The molecule has 0 aliphatic carbocycles. The maximum atomic E-state index is 12.4. The largest absolute Gasteiger partial charge is 0.573 e. The van der Waals surface area contributed by atoms with Gasteiger partial charge in [0.2, 0.25) is 11.8 Å². The summed E-state index contributed by atoms with van der Waals surface area (Å²) in [7, 11) is 1.66. The first-order valence-corrected chi connectivity index (χ1v) is 10.3. The second-order valence-corrected chi connectivity index (χ2v) is 7.79. The van der Waals surface area contributed by atoms with E-state index in [0.29, 0.717) is 23.4 Å². The molecule has 1 aliphatic heterocycles. The number of nitrogens with one attached hydrogen (secondary N) is 1. The van der Waals surface area contributed by atoms with Crippen molar-refractivity contribution in [2.75, 3.05) is 0 Å². The van der Waals surface area contributed by atoms with Crippen LogP contribution < -0.4 is 10.1 Å². The Kier molecular flexibility index (Phi) is 6.26. The molecule has 0 spiro atoms. The third kappa shape index (κ3) is 5.35. The fraction of sp³-hybridized carbons (Fsp3) is 0.381. The molecular weight excluding hydrogens is 457 g/mol. The molecule has 0 unspecified atom stereocenters. The van der Waals surface area contributed by atoms with Crippen LogP contribution in [0.15, 0.2) is 34.9 Å². The van der Waals surface area contributed by atoms with E-state index < -0.39 is 12.4 Å². The van der Waals surface area contributed by atoms with Gasteiger partial charge in [0.1, 0.15) is 17.5 Å². The Morgan fingerprint density at radius 2 is 2.03 bits per heavy atom. The van der Waals surface area contributed by atoms with Gasteiger partial charge in [0.15, 0.2) is 5.82 Å². The lowest BCUT2D eigenvalue weighted by Gasteiger charge is -2.22. The highest BCUT2D eigenvalue weighted by Crippen LogP contribution is 2.33. The van der Waals surface area contributed by atoms with Crippen molar-refractivity contribution in [1.82, 2.24) is 30.1 Å². The SMILES string of the molecule is Cc1cc(C(=O)NCc2noc([C@@H]3CCC(=O)N3Cc3ccc(OC(F)(F)F)cc3)n2)n(C)n1. The quantitative estimate of drug-likeness (QED) is 0.555. The zero-order chi connectivity index (χ0) is 24.5. The van der Waals surface area contributed by atoms with Gasteiger partial charge in [0.05, 0.1) is 12.2 Å². The number of aromatic nitrogens is 4. The summed E-state index contributed by atoms with van der Waals surface area (Å²) in [6.07, 6.45) is -4.05. The molecule has 1 saturated heterocycles. The summed E-state index contributed by atoms with van der Waals surface area (Å²) in [4.78, 5) is 30.6. The van der Waals surface area contributed by atoms with Gasteiger partial charge >= 0.3 is 6.36 Å². The highest BCUT2D eigenvalue weighted by atomic mass is 19.4. The third-order valence-electron chi connectivity index (χ3n) is 5.25. The minimum absolute atomic E-state index is 0.0217. The number of nitrogens with zero attached hydrogens (tertiary/aromatic N) is 5. The number of aryl methyl sites for hydroxylation is 2. The van der Waals surface area contributed by atoms with Crippen molar-refractivity contribution < 1.29 is 32.0 Å². The average molecular weight is 478 g/mol. The van der Waals surface area contributed by atoms with Gasteiger partial charge in [-0.1, -0.05) is 17.3 Å². The monoisotopic (exact) mass is 478 g/mol. The molecule has 1 atom stereocenters. The highest BCUT2D eigenvalue weighted by molar-refractivity contribution is 5.92. The van der Waals surface area contributed by atoms with Crippen LogP contribution in [0.3, 0.4) is 0 Å². The van der Waals surface area contributed by atoms with E-state index in [1.807, 2.05) is 0 Å². The van der Waals surface area contributed by atoms with E-state index >= 15 is 0 Å². The lowest BCUT2D eigenvalue weighted by Crippen LogP contribution is -2.27. The molecule has 1 aromatic carbocycles. The molecule has 0 saturated carbocycles. The summed E-state index contributed by atoms with van der Waals surface area (Å²) in [5.74, 6) is -0.352. The number of benzene rings is 1. The number of amides is 2. The number of likely N-dealkylation sites (tertiary alicyclic amines) is 1. The van der Waals surface area contributed by atoms with Crippen molar-refractivity contribution >= 4 is 11.8 Å². The van der Waals surface area contributed by atoms with Gasteiger partial charge in [-0.15, -0.1) is 13.2 Å². The van der Waals surface area contributed by atoms with Gasteiger partial charge < -0.3 is 19.5 Å². The molecule has 3 heterocycles. The van der Waals surface area contributed by atoms with Crippen molar-refractivity contribution in [2.45, 2.75) is 45.3 Å². The van der Waals surface area contributed by atoms with Crippen LogP contribution in [-0.4, -0.2) is 43.0 Å². The molecule has 2 aromatic heterocycles. The molecule has 13 heteroatoms. The van der Waals surface area contributed by atoms with Gasteiger partial charge in [-0.05, 0) is 37.1 Å². The van der Waals surface area contributed by atoms with Crippen molar-refractivity contribution in [1.29, 1.82) is 0 Å². The normalized spacial score (nSPS) is 16.2. The van der Waals surface area contributed by atoms with Crippen molar-refractivity contribution in [3.05, 3.63) is 59.0 Å². The number of halogens is 3. The molecule has 1 fully saturated rings. The molecule has 0 bridgehead atoms. The van der Waals surface area contributed by atoms with Crippen LogP contribution in [0, 0.1) is 6.92 Å². The Labute approximate surface area is 191 Å². The highest BCUT2D eigenvalue weighted by Gasteiger charge is 2.36. The van der Waals surface area contributed by atoms with E-state index in [1.165, 1.54) is 33.8 Å². The first-order valence-electron chi connectivity index (χ1n) is 10.3.